The van der Waals surface area contributed by atoms with Gasteiger partial charge in [0.25, 0.3) is 0 Å². The highest BCUT2D eigenvalue weighted by atomic mass is 19.1. The number of urea groups is 1. The van der Waals surface area contributed by atoms with E-state index in [-0.39, 0.29) is 55.4 Å². The monoisotopic (exact) mass is 559 g/mol. The van der Waals surface area contributed by atoms with Crippen molar-refractivity contribution in [2.24, 2.45) is 0 Å². The molecule has 4 amide bonds. The number of phenolic OH excluding ortho intramolecular Hbond substituents is 1. The molecule has 3 aromatic carbocycles. The highest BCUT2D eigenvalue weighted by Gasteiger charge is 2.50. The molecule has 10 heteroatoms. The standard InChI is InChI=1S/C31H34FN5O4/c1-21(24-6-4-3-5-7-24)18-35-19-28-36(27(30(35)40)16-22-10-14-26(38)15-11-22)29(39)20-34(2)37(28)31(41)33-17-23-8-12-25(32)13-9-23/h3-15,21,27-28,38H,16-20H2,1-2H3,(H,33,41)/t21?,27-,28-/m0/s1. The highest BCUT2D eigenvalue weighted by Crippen LogP contribution is 2.29. The van der Waals surface area contributed by atoms with Crippen LogP contribution < -0.4 is 5.32 Å². The van der Waals surface area contributed by atoms with E-state index < -0.39 is 18.2 Å². The van der Waals surface area contributed by atoms with Crippen LogP contribution in [0.15, 0.2) is 78.9 Å². The molecule has 2 heterocycles. The van der Waals surface area contributed by atoms with E-state index in [1.165, 1.54) is 22.0 Å². The summed E-state index contributed by atoms with van der Waals surface area (Å²) in [5, 5.41) is 15.7. The zero-order valence-corrected chi connectivity index (χ0v) is 23.1. The maximum atomic E-state index is 14.0. The number of carbonyl (C=O) groups excluding carboxylic acids is 3. The van der Waals surface area contributed by atoms with Gasteiger partial charge in [-0.25, -0.2) is 19.2 Å². The van der Waals surface area contributed by atoms with Crippen LogP contribution in [-0.4, -0.2) is 81.7 Å². The first kappa shape index (κ1) is 28.1. The van der Waals surface area contributed by atoms with Crippen molar-refractivity contribution >= 4 is 17.8 Å². The number of rotatable bonds is 7. The van der Waals surface area contributed by atoms with Gasteiger partial charge < -0.3 is 20.2 Å². The summed E-state index contributed by atoms with van der Waals surface area (Å²) in [6.07, 6.45) is -0.482. The summed E-state index contributed by atoms with van der Waals surface area (Å²) < 4.78 is 13.3. The Balaban J connectivity index is 1.43. The number of nitrogens with zero attached hydrogens (tertiary/aromatic N) is 4. The number of amides is 4. The Morgan fingerprint density at radius 2 is 1.66 bits per heavy atom. The van der Waals surface area contributed by atoms with Gasteiger partial charge in [-0.2, -0.15) is 0 Å². The van der Waals surface area contributed by atoms with Gasteiger partial charge in [0.05, 0.1) is 13.1 Å². The molecule has 3 aromatic rings. The van der Waals surface area contributed by atoms with Gasteiger partial charge in [0.15, 0.2) is 0 Å². The zero-order valence-electron chi connectivity index (χ0n) is 23.1. The summed E-state index contributed by atoms with van der Waals surface area (Å²) in [6, 6.07) is 21.1. The van der Waals surface area contributed by atoms with Gasteiger partial charge in [-0.1, -0.05) is 61.5 Å². The van der Waals surface area contributed by atoms with Crippen LogP contribution in [0, 0.1) is 5.82 Å². The van der Waals surface area contributed by atoms with E-state index in [1.807, 2.05) is 30.3 Å². The van der Waals surface area contributed by atoms with E-state index in [0.717, 1.165) is 16.7 Å². The number of halogens is 1. The Morgan fingerprint density at radius 1 is 1.00 bits per heavy atom. The first-order valence-electron chi connectivity index (χ1n) is 13.7. The number of fused-ring (bicyclic) bond motifs is 1. The van der Waals surface area contributed by atoms with Crippen molar-refractivity contribution in [3.05, 3.63) is 101 Å². The van der Waals surface area contributed by atoms with Crippen LogP contribution in [0.2, 0.25) is 0 Å². The van der Waals surface area contributed by atoms with Crippen LogP contribution in [0.1, 0.15) is 29.5 Å². The molecular formula is C31H34FN5O4. The molecule has 0 aliphatic carbocycles. The first-order chi connectivity index (χ1) is 19.7. The van der Waals surface area contributed by atoms with Crippen LogP contribution in [0.4, 0.5) is 9.18 Å². The Hall–Kier alpha value is -4.44. The van der Waals surface area contributed by atoms with Gasteiger partial charge in [0.2, 0.25) is 11.8 Å². The van der Waals surface area contributed by atoms with Gasteiger partial charge in [-0.3, -0.25) is 9.59 Å². The first-order valence-corrected chi connectivity index (χ1v) is 13.7. The van der Waals surface area contributed by atoms with Crippen molar-refractivity contribution in [1.29, 1.82) is 0 Å². The molecule has 0 bridgehead atoms. The minimum absolute atomic E-state index is 0.0267. The summed E-state index contributed by atoms with van der Waals surface area (Å²) in [5.41, 5.74) is 2.61. The fraction of sp³-hybridized carbons (Fsp3) is 0.323. The molecular weight excluding hydrogens is 525 g/mol. The number of piperazine rings is 1. The smallest absolute Gasteiger partial charge is 0.334 e. The summed E-state index contributed by atoms with van der Waals surface area (Å²) in [4.78, 5) is 44.3. The number of nitrogens with one attached hydrogen (secondary N) is 1. The van der Waals surface area contributed by atoms with Gasteiger partial charge in [0, 0.05) is 26.6 Å². The fourth-order valence-electron chi connectivity index (χ4n) is 5.60. The molecule has 2 saturated heterocycles. The van der Waals surface area contributed by atoms with Crippen molar-refractivity contribution in [3.8, 4) is 5.75 Å². The van der Waals surface area contributed by atoms with E-state index in [4.69, 9.17) is 0 Å². The van der Waals surface area contributed by atoms with E-state index >= 15 is 0 Å². The van der Waals surface area contributed by atoms with Crippen molar-refractivity contribution in [1.82, 2.24) is 25.1 Å². The average molecular weight is 560 g/mol. The molecule has 0 spiro atoms. The van der Waals surface area contributed by atoms with E-state index in [1.54, 1.807) is 53.4 Å². The maximum Gasteiger partial charge on any atom is 0.334 e. The minimum Gasteiger partial charge on any atom is -0.508 e. The third kappa shape index (κ3) is 6.17. The lowest BCUT2D eigenvalue weighted by Gasteiger charge is -2.54. The van der Waals surface area contributed by atoms with Gasteiger partial charge >= 0.3 is 6.03 Å². The van der Waals surface area contributed by atoms with Crippen LogP contribution in [0.25, 0.3) is 0 Å². The number of benzene rings is 3. The largest absolute Gasteiger partial charge is 0.508 e. The average Bonchev–Trinajstić information content (AvgIpc) is 2.96. The van der Waals surface area contributed by atoms with Crippen LogP contribution in [0.3, 0.4) is 0 Å². The summed E-state index contributed by atoms with van der Waals surface area (Å²) in [5.74, 6) is -0.644. The Labute approximate surface area is 238 Å². The lowest BCUT2D eigenvalue weighted by atomic mass is 9.96. The summed E-state index contributed by atoms with van der Waals surface area (Å²) in [6.45, 7) is 2.73. The molecule has 2 fully saturated rings. The number of aromatic hydroxyl groups is 1. The van der Waals surface area contributed by atoms with Crippen LogP contribution in [0.5, 0.6) is 5.75 Å². The molecule has 9 nitrogen and oxygen atoms in total. The molecule has 2 N–H and O–H groups in total. The fourth-order valence-corrected chi connectivity index (χ4v) is 5.60. The SMILES string of the molecule is CC(CN1C[C@H]2N(C(=O)CN(C)N2C(=O)NCc2ccc(F)cc2)[C@@H](Cc2ccc(O)cc2)C1=O)c1ccccc1. The van der Waals surface area contributed by atoms with Crippen LogP contribution >= 0.6 is 0 Å². The zero-order chi connectivity index (χ0) is 29.1. The van der Waals surface area contributed by atoms with Crippen molar-refractivity contribution in [2.45, 2.75) is 38.0 Å². The second-order valence-electron chi connectivity index (χ2n) is 10.7. The predicted octanol–water partition coefficient (Wildman–Crippen LogP) is 3.32. The molecule has 41 heavy (non-hydrogen) atoms. The second-order valence-corrected chi connectivity index (χ2v) is 10.7. The molecule has 0 aromatic heterocycles. The van der Waals surface area contributed by atoms with E-state index in [2.05, 4.69) is 12.2 Å². The molecule has 2 aliphatic heterocycles. The number of hydrazine groups is 1. The number of likely N-dealkylation sites (N-methyl/N-ethyl adjacent to an activating group) is 1. The number of carbonyl (C=O) groups is 3. The van der Waals surface area contributed by atoms with E-state index in [9.17, 15) is 23.9 Å². The summed E-state index contributed by atoms with van der Waals surface area (Å²) >= 11 is 0. The normalized spacial score (nSPS) is 20.1. The number of hydrogen-bond acceptors (Lipinski definition) is 5. The number of phenols is 1. The third-order valence-corrected chi connectivity index (χ3v) is 7.73. The predicted molar refractivity (Wildman–Crippen MR) is 151 cm³/mol. The lowest BCUT2D eigenvalue weighted by molar-refractivity contribution is -0.187. The molecule has 3 atom stereocenters. The van der Waals surface area contributed by atoms with Crippen LogP contribution in [-0.2, 0) is 22.6 Å². The lowest BCUT2D eigenvalue weighted by Crippen LogP contribution is -2.76. The molecule has 0 saturated carbocycles. The topological polar surface area (TPSA) is 96.4 Å². The molecule has 0 radical (unpaired) electrons. The quantitative estimate of drug-likeness (QED) is 0.463. The van der Waals surface area contributed by atoms with Crippen molar-refractivity contribution < 1.29 is 23.9 Å². The Morgan fingerprint density at radius 3 is 2.34 bits per heavy atom. The van der Waals surface area contributed by atoms with Gasteiger partial charge in [-0.05, 0) is 46.9 Å². The Bertz CT molecular complexity index is 1390. The van der Waals surface area contributed by atoms with E-state index in [0.29, 0.717) is 6.54 Å². The van der Waals surface area contributed by atoms with Crippen molar-refractivity contribution in [3.63, 3.8) is 0 Å². The second kappa shape index (κ2) is 12.0. The third-order valence-electron chi connectivity index (χ3n) is 7.73. The minimum atomic E-state index is -0.824. The molecule has 1 unspecified atom stereocenters. The number of hydrogen-bond donors (Lipinski definition) is 2. The maximum absolute atomic E-state index is 14.0. The van der Waals surface area contributed by atoms with Crippen molar-refractivity contribution in [2.75, 3.05) is 26.7 Å². The molecule has 2 aliphatic rings. The van der Waals surface area contributed by atoms with Gasteiger partial charge in [-0.15, -0.1) is 0 Å². The highest BCUT2D eigenvalue weighted by molar-refractivity contribution is 5.91. The van der Waals surface area contributed by atoms with Gasteiger partial charge in [0.1, 0.15) is 23.8 Å². The molecule has 214 valence electrons. The summed E-state index contributed by atoms with van der Waals surface area (Å²) in [7, 11) is 1.68. The Kier molecular flexibility index (Phi) is 8.21. The molecule has 5 rings (SSSR count).